The first-order chi connectivity index (χ1) is 15.8. The number of methoxy groups -OCH3 is 1. The van der Waals surface area contributed by atoms with Crippen molar-refractivity contribution in [2.45, 2.75) is 46.3 Å². The summed E-state index contributed by atoms with van der Waals surface area (Å²) in [5.74, 6) is 0.158. The molecule has 1 heterocycles. The van der Waals surface area contributed by atoms with Crippen LogP contribution in [0.3, 0.4) is 0 Å². The summed E-state index contributed by atoms with van der Waals surface area (Å²) in [5, 5.41) is 11.2. The quantitative estimate of drug-likeness (QED) is 0.336. The molecule has 1 aliphatic heterocycles. The van der Waals surface area contributed by atoms with Gasteiger partial charge in [-0.1, -0.05) is 13.0 Å². The van der Waals surface area contributed by atoms with Gasteiger partial charge in [-0.25, -0.2) is 0 Å². The number of likely N-dealkylation sites (tertiary alicyclic amines) is 1. The van der Waals surface area contributed by atoms with Crippen LogP contribution in [0, 0.1) is 0 Å². The molecule has 1 atom stereocenters. The predicted octanol–water partition coefficient (Wildman–Crippen LogP) is 4.71. The highest BCUT2D eigenvalue weighted by Crippen LogP contribution is 2.42. The van der Waals surface area contributed by atoms with Crippen LogP contribution in [0.2, 0.25) is 0 Å². The van der Waals surface area contributed by atoms with Crippen molar-refractivity contribution in [2.24, 2.45) is 0 Å². The molecule has 3 rings (SSSR count). The van der Waals surface area contributed by atoms with Crippen LogP contribution in [0.4, 0.5) is 0 Å². The van der Waals surface area contributed by atoms with Crippen molar-refractivity contribution in [3.05, 3.63) is 59.2 Å². The third-order valence-electron chi connectivity index (χ3n) is 5.31. The van der Waals surface area contributed by atoms with E-state index in [2.05, 4.69) is 0 Å². The van der Waals surface area contributed by atoms with Crippen molar-refractivity contribution >= 4 is 17.4 Å². The van der Waals surface area contributed by atoms with Gasteiger partial charge in [-0.3, -0.25) is 9.59 Å². The van der Waals surface area contributed by atoms with Gasteiger partial charge < -0.3 is 24.2 Å². The first-order valence-electron chi connectivity index (χ1n) is 11.2. The molecule has 1 unspecified atom stereocenters. The lowest BCUT2D eigenvalue weighted by Gasteiger charge is -2.25. The summed E-state index contributed by atoms with van der Waals surface area (Å²) in [7, 11) is 1.55. The number of carbonyl (C=O) groups excluding carboxylic acids is 2. The van der Waals surface area contributed by atoms with E-state index in [0.29, 0.717) is 47.9 Å². The number of ketones is 1. The fourth-order valence-corrected chi connectivity index (χ4v) is 3.95. The number of hydrogen-bond donors (Lipinski definition) is 1. The highest BCUT2D eigenvalue weighted by Gasteiger charge is 2.45. The molecule has 1 amide bonds. The Kier molecular flexibility index (Phi) is 7.63. The number of aliphatic hydroxyl groups excluding tert-OH is 1. The SMILES string of the molecule is CCCN1C(=O)C(=O)/C(=C(\O)c2ccc(OC(C)C)cc2)C1c1ccc(OC)c(OCC)c1. The number of Topliss-reactive ketones (excluding diaryl/α,β-unsaturated/α-hetero) is 1. The zero-order valence-corrected chi connectivity index (χ0v) is 19.8. The van der Waals surface area contributed by atoms with Gasteiger partial charge in [0.05, 0.1) is 31.4 Å². The largest absolute Gasteiger partial charge is 0.507 e. The third-order valence-corrected chi connectivity index (χ3v) is 5.31. The molecule has 33 heavy (non-hydrogen) atoms. The molecule has 0 saturated carbocycles. The lowest BCUT2D eigenvalue weighted by atomic mass is 9.95. The number of hydrogen-bond acceptors (Lipinski definition) is 6. The van der Waals surface area contributed by atoms with Gasteiger partial charge in [0.15, 0.2) is 11.5 Å². The molecular formula is C26H31NO6. The summed E-state index contributed by atoms with van der Waals surface area (Å²) in [6.45, 7) is 8.46. The van der Waals surface area contributed by atoms with Crippen molar-refractivity contribution in [2.75, 3.05) is 20.3 Å². The topological polar surface area (TPSA) is 85.3 Å². The highest BCUT2D eigenvalue weighted by molar-refractivity contribution is 6.46. The van der Waals surface area contributed by atoms with E-state index in [1.165, 1.54) is 4.90 Å². The molecule has 1 fully saturated rings. The fourth-order valence-electron chi connectivity index (χ4n) is 3.95. The Morgan fingerprint density at radius 2 is 1.76 bits per heavy atom. The van der Waals surface area contributed by atoms with Gasteiger partial charge in [0.2, 0.25) is 0 Å². The van der Waals surface area contributed by atoms with E-state index in [9.17, 15) is 14.7 Å². The van der Waals surface area contributed by atoms with Crippen molar-refractivity contribution in [3.63, 3.8) is 0 Å². The standard InChI is InChI=1S/C26H31NO6/c1-6-14-27-23(18-10-13-20(31-5)21(15-18)32-7-2)22(25(29)26(27)30)24(28)17-8-11-19(12-9-17)33-16(3)4/h8-13,15-16,23,28H,6-7,14H2,1-5H3/b24-22-. The van der Waals surface area contributed by atoms with Crippen LogP contribution in [0.1, 0.15) is 51.3 Å². The second-order valence-corrected chi connectivity index (χ2v) is 8.03. The smallest absolute Gasteiger partial charge is 0.295 e. The molecule has 1 N–H and O–H groups in total. The van der Waals surface area contributed by atoms with Crippen LogP contribution < -0.4 is 14.2 Å². The number of benzene rings is 2. The molecule has 0 bridgehead atoms. The second-order valence-electron chi connectivity index (χ2n) is 8.03. The Morgan fingerprint density at radius 3 is 2.33 bits per heavy atom. The molecule has 0 spiro atoms. The first-order valence-corrected chi connectivity index (χ1v) is 11.2. The van der Waals surface area contributed by atoms with Gasteiger partial charge in [0.1, 0.15) is 11.5 Å². The van der Waals surface area contributed by atoms with Gasteiger partial charge in [-0.2, -0.15) is 0 Å². The van der Waals surface area contributed by atoms with E-state index >= 15 is 0 Å². The van der Waals surface area contributed by atoms with E-state index in [1.807, 2.05) is 27.7 Å². The number of nitrogens with zero attached hydrogens (tertiary/aromatic N) is 1. The van der Waals surface area contributed by atoms with Gasteiger partial charge in [-0.05, 0) is 69.2 Å². The summed E-state index contributed by atoms with van der Waals surface area (Å²) in [6, 6.07) is 11.4. The van der Waals surface area contributed by atoms with Gasteiger partial charge in [0.25, 0.3) is 11.7 Å². The van der Waals surface area contributed by atoms with E-state index in [0.717, 1.165) is 0 Å². The number of amides is 1. The van der Waals surface area contributed by atoms with Crippen molar-refractivity contribution in [1.82, 2.24) is 4.90 Å². The summed E-state index contributed by atoms with van der Waals surface area (Å²) in [5.41, 5.74) is 1.15. The van der Waals surface area contributed by atoms with Gasteiger partial charge >= 0.3 is 0 Å². The zero-order chi connectivity index (χ0) is 24.1. The van der Waals surface area contributed by atoms with Crippen LogP contribution in [-0.4, -0.2) is 48.1 Å². The number of rotatable bonds is 9. The first kappa shape index (κ1) is 24.2. The lowest BCUT2D eigenvalue weighted by Crippen LogP contribution is -2.30. The van der Waals surface area contributed by atoms with Gasteiger partial charge in [-0.15, -0.1) is 0 Å². The summed E-state index contributed by atoms with van der Waals surface area (Å²) in [6.07, 6.45) is 0.678. The molecule has 0 aromatic heterocycles. The Balaban J connectivity index is 2.12. The maximum atomic E-state index is 13.0. The highest BCUT2D eigenvalue weighted by atomic mass is 16.5. The molecule has 176 valence electrons. The number of aliphatic hydroxyl groups is 1. The molecule has 1 saturated heterocycles. The predicted molar refractivity (Wildman–Crippen MR) is 126 cm³/mol. The van der Waals surface area contributed by atoms with Crippen LogP contribution in [0.15, 0.2) is 48.0 Å². The molecule has 0 radical (unpaired) electrons. The number of carbonyl (C=O) groups is 2. The Labute approximate surface area is 194 Å². The van der Waals surface area contributed by atoms with Crippen molar-refractivity contribution in [1.29, 1.82) is 0 Å². The van der Waals surface area contributed by atoms with Crippen molar-refractivity contribution < 1.29 is 28.9 Å². The Hall–Kier alpha value is -3.48. The minimum Gasteiger partial charge on any atom is -0.507 e. The van der Waals surface area contributed by atoms with E-state index < -0.39 is 17.7 Å². The molecule has 7 nitrogen and oxygen atoms in total. The average Bonchev–Trinajstić information content (AvgIpc) is 3.04. The molecule has 1 aliphatic rings. The minimum atomic E-state index is -0.735. The van der Waals surface area contributed by atoms with Crippen LogP contribution in [-0.2, 0) is 9.59 Å². The van der Waals surface area contributed by atoms with E-state index in [-0.39, 0.29) is 17.4 Å². The maximum Gasteiger partial charge on any atom is 0.295 e. The van der Waals surface area contributed by atoms with Crippen LogP contribution >= 0.6 is 0 Å². The fraction of sp³-hybridized carbons (Fsp3) is 0.385. The van der Waals surface area contributed by atoms with E-state index in [4.69, 9.17) is 14.2 Å². The van der Waals surface area contributed by atoms with Crippen LogP contribution in [0.5, 0.6) is 17.2 Å². The Morgan fingerprint density at radius 1 is 1.06 bits per heavy atom. The molecular weight excluding hydrogens is 422 g/mol. The normalized spacial score (nSPS) is 17.5. The molecule has 2 aromatic carbocycles. The molecule has 7 heteroatoms. The zero-order valence-electron chi connectivity index (χ0n) is 19.8. The summed E-state index contributed by atoms with van der Waals surface area (Å²) < 4.78 is 16.7. The third kappa shape index (κ3) is 4.97. The van der Waals surface area contributed by atoms with E-state index in [1.54, 1.807) is 49.6 Å². The van der Waals surface area contributed by atoms with Gasteiger partial charge in [0, 0.05) is 12.1 Å². The molecule has 0 aliphatic carbocycles. The van der Waals surface area contributed by atoms with Crippen LogP contribution in [0.25, 0.3) is 5.76 Å². The Bertz CT molecular complexity index is 1040. The lowest BCUT2D eigenvalue weighted by molar-refractivity contribution is -0.139. The number of ether oxygens (including phenoxy) is 3. The maximum absolute atomic E-state index is 13.0. The second kappa shape index (κ2) is 10.4. The average molecular weight is 454 g/mol. The van der Waals surface area contributed by atoms with Crippen molar-refractivity contribution in [3.8, 4) is 17.2 Å². The summed E-state index contributed by atoms with van der Waals surface area (Å²) >= 11 is 0. The summed E-state index contributed by atoms with van der Waals surface area (Å²) in [4.78, 5) is 27.4. The monoisotopic (exact) mass is 453 g/mol. The molecule has 2 aromatic rings. The minimum absolute atomic E-state index is 0.0124.